The molecule has 230 valence electrons. The molecule has 3 aliphatic rings. The highest BCUT2D eigenvalue weighted by atomic mass is 32.7. The third-order valence-corrected chi connectivity index (χ3v) is 9.67. The number of H-pyrrole nitrogens is 1. The van der Waals surface area contributed by atoms with Crippen LogP contribution in [-0.4, -0.2) is 91.2 Å². The van der Waals surface area contributed by atoms with Crippen LogP contribution in [0.2, 0.25) is 0 Å². The van der Waals surface area contributed by atoms with E-state index in [4.69, 9.17) is 28.4 Å². The van der Waals surface area contributed by atoms with E-state index in [1.807, 2.05) is 0 Å². The van der Waals surface area contributed by atoms with E-state index in [1.54, 1.807) is 0 Å². The van der Waals surface area contributed by atoms with Crippen LogP contribution in [0.5, 0.6) is 0 Å². The molecule has 0 saturated carbocycles. The molecular formula is C20H22FN10O9PS2. The normalized spacial score (nSPS) is 34.9. The molecule has 19 nitrogen and oxygen atoms in total. The molecule has 7 heterocycles. The number of fused-ring (bicyclic) bond motifs is 5. The molecule has 23 heteroatoms. The van der Waals surface area contributed by atoms with Gasteiger partial charge in [-0.2, -0.15) is 18.1 Å². The zero-order valence-electron chi connectivity index (χ0n) is 21.5. The number of hydrogen-bond acceptors (Lipinski definition) is 15. The summed E-state index contributed by atoms with van der Waals surface area (Å²) in [6.45, 7) is -5.24. The molecule has 0 amide bonds. The molecule has 4 aromatic rings. The van der Waals surface area contributed by atoms with Gasteiger partial charge in [0.1, 0.15) is 30.2 Å². The van der Waals surface area contributed by atoms with Crippen molar-refractivity contribution in [2.75, 3.05) is 18.9 Å². The van der Waals surface area contributed by atoms with Gasteiger partial charge in [0.25, 0.3) is 5.56 Å². The van der Waals surface area contributed by atoms with Gasteiger partial charge >= 0.3 is 17.1 Å². The fourth-order valence-corrected chi connectivity index (χ4v) is 7.64. The summed E-state index contributed by atoms with van der Waals surface area (Å²) in [5, 5.41) is 0. The molecule has 0 unspecified atom stereocenters. The average Bonchev–Trinajstić information content (AvgIpc) is 3.71. The highest BCUT2D eigenvalue weighted by molar-refractivity contribution is 8.44. The molecule has 7 rings (SSSR count). The van der Waals surface area contributed by atoms with Gasteiger partial charge in [0.05, 0.1) is 31.6 Å². The lowest BCUT2D eigenvalue weighted by atomic mass is 10.1. The van der Waals surface area contributed by atoms with Crippen molar-refractivity contribution in [3.8, 4) is 0 Å². The molecule has 4 N–H and O–H groups in total. The van der Waals surface area contributed by atoms with Crippen LogP contribution >= 0.6 is 19.0 Å². The summed E-state index contributed by atoms with van der Waals surface area (Å²) in [5.74, 6) is -0.203. The summed E-state index contributed by atoms with van der Waals surface area (Å²) in [7, 11) is -4.54. The number of thiol groups is 1. The number of nitrogens with one attached hydrogen (secondary N) is 2. The largest absolute Gasteiger partial charge is 0.386 e. The van der Waals surface area contributed by atoms with Crippen LogP contribution in [0, 0.1) is 0 Å². The molecular weight excluding hydrogens is 638 g/mol. The Labute approximate surface area is 245 Å². The summed E-state index contributed by atoms with van der Waals surface area (Å²) in [5.41, 5.74) is 5.61. The first-order valence-corrected chi connectivity index (χ1v) is 16.7. The maximum absolute atomic E-state index is 15.9. The van der Waals surface area contributed by atoms with E-state index < -0.39 is 78.9 Å². The summed E-state index contributed by atoms with van der Waals surface area (Å²) in [6, 6.07) is 0. The SMILES string of the molecule is Nc1nc2c(ncn2[C@@H]2O[C@@H]3CO[P@@](=O)(S)O[C@H]4[C@@H](F)[C@H](n5cnc6cncnc65)O[C@@H]4CNS(=O)(=O)O[C@@H]2C3)c(=O)[nH]1. The topological polar surface area (TPSA) is 243 Å². The Hall–Kier alpha value is -3.08. The predicted octanol–water partition coefficient (Wildman–Crippen LogP) is -0.262. The highest BCUT2D eigenvalue weighted by Crippen LogP contribution is 2.57. The maximum Gasteiger partial charge on any atom is 0.386 e. The van der Waals surface area contributed by atoms with E-state index in [0.29, 0.717) is 5.52 Å². The lowest BCUT2D eigenvalue weighted by Crippen LogP contribution is -2.41. The fraction of sp³-hybridized carbons (Fsp3) is 0.500. The molecule has 0 aliphatic carbocycles. The second-order valence-corrected chi connectivity index (χ2v) is 14.1. The van der Waals surface area contributed by atoms with Crippen LogP contribution in [0.15, 0.2) is 30.0 Å². The van der Waals surface area contributed by atoms with E-state index in [1.165, 1.54) is 34.3 Å². The highest BCUT2D eigenvalue weighted by Gasteiger charge is 2.51. The van der Waals surface area contributed by atoms with Crippen molar-refractivity contribution in [3.63, 3.8) is 0 Å². The number of aromatic amines is 1. The van der Waals surface area contributed by atoms with Gasteiger partial charge in [-0.25, -0.2) is 33.1 Å². The van der Waals surface area contributed by atoms with Gasteiger partial charge < -0.3 is 15.2 Å². The molecule has 0 radical (unpaired) electrons. The Bertz CT molecular complexity index is 1920. The number of hydrogen-bond donors (Lipinski definition) is 4. The van der Waals surface area contributed by atoms with E-state index in [0.717, 1.165) is 0 Å². The van der Waals surface area contributed by atoms with Gasteiger partial charge in [0, 0.05) is 13.0 Å². The van der Waals surface area contributed by atoms with Crippen molar-refractivity contribution < 1.29 is 40.1 Å². The number of aromatic nitrogens is 8. The van der Waals surface area contributed by atoms with E-state index in [2.05, 4.69) is 46.9 Å². The lowest BCUT2D eigenvalue weighted by molar-refractivity contribution is -0.0439. The molecule has 3 saturated heterocycles. The van der Waals surface area contributed by atoms with Crippen LogP contribution in [0.4, 0.5) is 10.3 Å². The third kappa shape index (κ3) is 5.31. The predicted molar refractivity (Wildman–Crippen MR) is 144 cm³/mol. The molecule has 43 heavy (non-hydrogen) atoms. The minimum atomic E-state index is -4.54. The Morgan fingerprint density at radius 3 is 2.74 bits per heavy atom. The first-order valence-electron chi connectivity index (χ1n) is 12.6. The number of imidazole rings is 2. The quantitative estimate of drug-likeness (QED) is 0.160. The molecule has 0 aromatic carbocycles. The first-order chi connectivity index (χ1) is 20.5. The summed E-state index contributed by atoms with van der Waals surface area (Å²) in [4.78, 5) is 34.8. The van der Waals surface area contributed by atoms with Crippen molar-refractivity contribution in [2.24, 2.45) is 0 Å². The number of rotatable bonds is 2. The number of nitrogens with two attached hydrogens (primary N) is 1. The first kappa shape index (κ1) is 28.7. The Balaban J connectivity index is 1.19. The van der Waals surface area contributed by atoms with E-state index in [9.17, 15) is 17.8 Å². The lowest BCUT2D eigenvalue weighted by Gasteiger charge is -2.24. The monoisotopic (exact) mass is 660 g/mol. The van der Waals surface area contributed by atoms with Crippen molar-refractivity contribution in [1.82, 2.24) is 43.8 Å². The van der Waals surface area contributed by atoms with Crippen LogP contribution < -0.4 is 16.0 Å². The Morgan fingerprint density at radius 2 is 1.91 bits per heavy atom. The minimum Gasteiger partial charge on any atom is -0.369 e. The zero-order chi connectivity index (χ0) is 30.1. The van der Waals surface area contributed by atoms with Gasteiger partial charge in [-0.1, -0.05) is 12.2 Å². The van der Waals surface area contributed by atoms with Crippen molar-refractivity contribution in [3.05, 3.63) is 35.5 Å². The zero-order valence-corrected chi connectivity index (χ0v) is 24.1. The van der Waals surface area contributed by atoms with Crippen LogP contribution in [0.25, 0.3) is 22.3 Å². The number of halogens is 1. The number of alkyl halides is 1. The van der Waals surface area contributed by atoms with Gasteiger partial charge in [0.15, 0.2) is 35.4 Å². The number of nitrogen functional groups attached to an aromatic ring is 1. The summed E-state index contributed by atoms with van der Waals surface area (Å²) < 4.78 is 88.3. The van der Waals surface area contributed by atoms with Gasteiger partial charge in [-0.15, -0.1) is 0 Å². The Morgan fingerprint density at radius 1 is 1.12 bits per heavy atom. The van der Waals surface area contributed by atoms with Crippen molar-refractivity contribution >= 4 is 57.6 Å². The van der Waals surface area contributed by atoms with Gasteiger partial charge in [-0.3, -0.25) is 28.0 Å². The summed E-state index contributed by atoms with van der Waals surface area (Å²) in [6.07, 6.45) is -4.48. The number of ether oxygens (including phenoxy) is 2. The van der Waals surface area contributed by atoms with Gasteiger partial charge in [0.2, 0.25) is 5.95 Å². The van der Waals surface area contributed by atoms with Crippen LogP contribution in [-0.2, 0) is 37.6 Å². The van der Waals surface area contributed by atoms with Crippen molar-refractivity contribution in [1.29, 1.82) is 0 Å². The number of anilines is 1. The molecule has 4 aromatic heterocycles. The van der Waals surface area contributed by atoms with Crippen LogP contribution in [0.3, 0.4) is 0 Å². The van der Waals surface area contributed by atoms with Gasteiger partial charge in [-0.05, 0) is 0 Å². The molecule has 2 bridgehead atoms. The fourth-order valence-electron chi connectivity index (χ4n) is 5.21. The molecule has 8 atom stereocenters. The smallest absolute Gasteiger partial charge is 0.369 e. The molecule has 0 spiro atoms. The number of nitrogens with zero attached hydrogens (tertiary/aromatic N) is 7. The van der Waals surface area contributed by atoms with E-state index >= 15 is 4.39 Å². The van der Waals surface area contributed by atoms with E-state index in [-0.39, 0.29) is 29.2 Å². The second-order valence-electron chi connectivity index (χ2n) is 9.82. The molecule has 3 fully saturated rings. The van der Waals surface area contributed by atoms with Crippen molar-refractivity contribution in [2.45, 2.75) is 49.5 Å². The van der Waals surface area contributed by atoms with Crippen LogP contribution in [0.1, 0.15) is 18.9 Å². The minimum absolute atomic E-state index is 0.00983. The second kappa shape index (κ2) is 10.5. The summed E-state index contributed by atoms with van der Waals surface area (Å²) >= 11 is 4.02. The standard InChI is InChI=1S/C20H22FN10O9PS2/c21-12-14-11(38-19(12)30-6-25-9-2-23-5-24-15(9)30)3-27-43(34,35)40-10-1-8(4-36-41(33,42)39-14)37-18(10)31-7-26-13-16(31)28-20(22)29-17(13)32/h2,5-8,10-12,14,18-19,27H,1,3-4H2,(H,33,42)(H3,22,28,29,32)/t8-,10+,11+,12+,14+,18+,19+,41+/m0/s1. The average molecular weight is 661 g/mol. The third-order valence-electron chi connectivity index (χ3n) is 7.04. The Kier molecular flexibility index (Phi) is 7.02. The maximum atomic E-state index is 15.9. The molecule has 3 aliphatic heterocycles.